The maximum Gasteiger partial charge on any atom is 0.330 e. The molecule has 1 unspecified atom stereocenters. The first-order valence-electron chi connectivity index (χ1n) is 9.55. The maximum atomic E-state index is 13.7. The van der Waals surface area contributed by atoms with E-state index in [4.69, 9.17) is 4.98 Å². The van der Waals surface area contributed by atoms with Crippen LogP contribution in [0.4, 0.5) is 8.78 Å². The lowest BCUT2D eigenvalue weighted by Gasteiger charge is -2.11. The Morgan fingerprint density at radius 1 is 1.24 bits per heavy atom. The molecule has 148 valence electrons. The van der Waals surface area contributed by atoms with Gasteiger partial charge in [-0.25, -0.2) is 18.6 Å². The number of hydrogen-bond donors (Lipinski definition) is 0. The molecule has 0 radical (unpaired) electrons. The van der Waals surface area contributed by atoms with Crippen LogP contribution in [0.2, 0.25) is 0 Å². The van der Waals surface area contributed by atoms with Crippen LogP contribution in [-0.4, -0.2) is 25.0 Å². The molecule has 0 aromatic carbocycles. The maximum absolute atomic E-state index is 13.7. The third kappa shape index (κ3) is 2.75. The molecule has 2 aliphatic carbocycles. The lowest BCUT2D eigenvalue weighted by atomic mass is 10.0. The highest BCUT2D eigenvalue weighted by Crippen LogP contribution is 2.61. The average molecular weight is 394 g/mol. The van der Waals surface area contributed by atoms with Crippen LogP contribution in [0.3, 0.4) is 0 Å². The van der Waals surface area contributed by atoms with Crippen LogP contribution < -0.4 is 5.69 Å². The van der Waals surface area contributed by atoms with Crippen molar-refractivity contribution in [3.8, 4) is 0 Å². The van der Waals surface area contributed by atoms with E-state index in [1.807, 2.05) is 36.4 Å². The predicted octanol–water partition coefficient (Wildman–Crippen LogP) is 3.83. The molecule has 1 saturated carbocycles. The zero-order valence-corrected chi connectivity index (χ0v) is 16.2. The number of alkyl halides is 2. The normalized spacial score (nSPS) is 22.3. The Morgan fingerprint density at radius 3 is 2.79 bits per heavy atom. The number of fused-ring (bicyclic) bond motifs is 2. The van der Waals surface area contributed by atoms with Gasteiger partial charge < -0.3 is 0 Å². The highest BCUT2D eigenvalue weighted by atomic mass is 19.3. The van der Waals surface area contributed by atoms with Gasteiger partial charge in [-0.05, 0) is 29.3 Å². The molecule has 0 saturated heterocycles. The van der Waals surface area contributed by atoms with Crippen molar-refractivity contribution < 1.29 is 8.78 Å². The summed E-state index contributed by atoms with van der Waals surface area (Å²) in [5.41, 5.74) is 3.34. The van der Waals surface area contributed by atoms with Gasteiger partial charge in [0.1, 0.15) is 0 Å². The molecule has 0 N–H and O–H groups in total. The van der Waals surface area contributed by atoms with Gasteiger partial charge in [0, 0.05) is 32.6 Å². The van der Waals surface area contributed by atoms with Crippen molar-refractivity contribution in [1.82, 2.24) is 19.1 Å². The fourth-order valence-corrected chi connectivity index (χ4v) is 4.00. The van der Waals surface area contributed by atoms with E-state index in [2.05, 4.69) is 4.98 Å². The first-order valence-corrected chi connectivity index (χ1v) is 9.55. The number of halogens is 2. The molecule has 1 fully saturated rings. The SMILES string of the molecule is Cn1c(=O)n(CC2(C)CC2(F)F)c2ccc(C3=CC=Cc4cccnc4C3)nc21. The van der Waals surface area contributed by atoms with E-state index in [0.29, 0.717) is 17.6 Å². The highest BCUT2D eigenvalue weighted by Gasteiger charge is 2.68. The third-order valence-corrected chi connectivity index (χ3v) is 6.04. The monoisotopic (exact) mass is 394 g/mol. The molecule has 3 heterocycles. The molecular weight excluding hydrogens is 374 g/mol. The Hall–Kier alpha value is -3.09. The first kappa shape index (κ1) is 18.0. The van der Waals surface area contributed by atoms with Crippen LogP contribution in [0.25, 0.3) is 22.8 Å². The summed E-state index contributed by atoms with van der Waals surface area (Å²) in [5.74, 6) is -2.72. The van der Waals surface area contributed by atoms with Gasteiger partial charge in [0.2, 0.25) is 0 Å². The lowest BCUT2D eigenvalue weighted by Crippen LogP contribution is -2.27. The van der Waals surface area contributed by atoms with Crippen LogP contribution in [0.5, 0.6) is 0 Å². The van der Waals surface area contributed by atoms with Crippen LogP contribution in [0.1, 0.15) is 30.3 Å². The first-order chi connectivity index (χ1) is 13.8. The molecule has 2 aliphatic rings. The standard InChI is InChI=1S/C22H20F2N4O/c1-21(12-22(21,23)24)13-28-18-9-8-16(26-19(18)27(2)20(28)29)15-6-3-5-14-7-4-10-25-17(14)11-15/h3-10H,11-13H2,1-2H3. The number of aryl methyl sites for hydroxylation is 1. The molecule has 7 heteroatoms. The second kappa shape index (κ2) is 5.95. The summed E-state index contributed by atoms with van der Waals surface area (Å²) in [6.07, 6.45) is 8.17. The number of allylic oxidation sites excluding steroid dienone is 3. The molecule has 29 heavy (non-hydrogen) atoms. The predicted molar refractivity (Wildman–Crippen MR) is 108 cm³/mol. The number of pyridine rings is 2. The van der Waals surface area contributed by atoms with E-state index in [1.165, 1.54) is 16.1 Å². The second-order valence-electron chi connectivity index (χ2n) is 8.18. The van der Waals surface area contributed by atoms with Crippen molar-refractivity contribution in [3.63, 3.8) is 0 Å². The molecule has 5 nitrogen and oxygen atoms in total. The van der Waals surface area contributed by atoms with E-state index >= 15 is 0 Å². The van der Waals surface area contributed by atoms with Gasteiger partial charge in [0.25, 0.3) is 5.92 Å². The van der Waals surface area contributed by atoms with Crippen LogP contribution >= 0.6 is 0 Å². The van der Waals surface area contributed by atoms with Gasteiger partial charge in [-0.1, -0.05) is 31.2 Å². The molecular formula is C22H20F2N4O. The van der Waals surface area contributed by atoms with E-state index in [9.17, 15) is 13.6 Å². The molecule has 0 bridgehead atoms. The Balaban J connectivity index is 1.55. The summed E-state index contributed by atoms with van der Waals surface area (Å²) in [6, 6.07) is 7.57. The van der Waals surface area contributed by atoms with Crippen LogP contribution in [-0.2, 0) is 20.0 Å². The second-order valence-corrected chi connectivity index (χ2v) is 8.18. The van der Waals surface area contributed by atoms with Gasteiger partial charge in [-0.2, -0.15) is 0 Å². The van der Waals surface area contributed by atoms with E-state index in [0.717, 1.165) is 22.5 Å². The number of nitrogens with zero attached hydrogens (tertiary/aromatic N) is 4. The Morgan fingerprint density at radius 2 is 2.03 bits per heavy atom. The van der Waals surface area contributed by atoms with Crippen molar-refractivity contribution >= 4 is 22.8 Å². The Bertz CT molecular complexity index is 1270. The molecule has 3 aromatic rings. The van der Waals surface area contributed by atoms with Crippen LogP contribution in [0.15, 0.2) is 47.4 Å². The van der Waals surface area contributed by atoms with Gasteiger partial charge in [-0.15, -0.1) is 0 Å². The Kier molecular flexibility index (Phi) is 3.69. The molecule has 0 amide bonds. The minimum Gasteiger partial charge on any atom is -0.290 e. The molecule has 5 rings (SSSR count). The number of aromatic nitrogens is 4. The summed E-state index contributed by atoms with van der Waals surface area (Å²) in [4.78, 5) is 21.9. The fraction of sp³-hybridized carbons (Fsp3) is 0.318. The number of imidazole rings is 1. The van der Waals surface area contributed by atoms with Crippen molar-refractivity contribution in [3.05, 3.63) is 70.0 Å². The summed E-state index contributed by atoms with van der Waals surface area (Å²) in [5, 5.41) is 0. The fourth-order valence-electron chi connectivity index (χ4n) is 4.00. The minimum absolute atomic E-state index is 0.0140. The minimum atomic E-state index is -2.72. The third-order valence-electron chi connectivity index (χ3n) is 6.04. The van der Waals surface area contributed by atoms with E-state index in [-0.39, 0.29) is 18.7 Å². The van der Waals surface area contributed by atoms with Gasteiger partial charge >= 0.3 is 5.69 Å². The Labute approximate surface area is 166 Å². The van der Waals surface area contributed by atoms with E-state index in [1.54, 1.807) is 19.3 Å². The lowest BCUT2D eigenvalue weighted by molar-refractivity contribution is 0.0637. The molecule has 1 atom stereocenters. The zero-order valence-electron chi connectivity index (χ0n) is 16.2. The van der Waals surface area contributed by atoms with Crippen molar-refractivity contribution in [2.24, 2.45) is 12.5 Å². The smallest absolute Gasteiger partial charge is 0.290 e. The number of hydrogen-bond acceptors (Lipinski definition) is 3. The summed E-state index contributed by atoms with van der Waals surface area (Å²) >= 11 is 0. The van der Waals surface area contributed by atoms with Crippen molar-refractivity contribution in [1.29, 1.82) is 0 Å². The average Bonchev–Trinajstić information content (AvgIpc) is 3.22. The van der Waals surface area contributed by atoms with Gasteiger partial charge in [-0.3, -0.25) is 14.1 Å². The highest BCUT2D eigenvalue weighted by molar-refractivity contribution is 5.78. The van der Waals surface area contributed by atoms with Crippen molar-refractivity contribution in [2.45, 2.75) is 32.2 Å². The van der Waals surface area contributed by atoms with Crippen LogP contribution in [0, 0.1) is 5.41 Å². The topological polar surface area (TPSA) is 52.7 Å². The quantitative estimate of drug-likeness (QED) is 0.679. The zero-order chi connectivity index (χ0) is 20.4. The molecule has 0 spiro atoms. The molecule has 3 aromatic heterocycles. The largest absolute Gasteiger partial charge is 0.330 e. The van der Waals surface area contributed by atoms with Crippen molar-refractivity contribution in [2.75, 3.05) is 0 Å². The molecule has 0 aliphatic heterocycles. The summed E-state index contributed by atoms with van der Waals surface area (Å²) < 4.78 is 30.3. The summed E-state index contributed by atoms with van der Waals surface area (Å²) in [7, 11) is 1.63. The summed E-state index contributed by atoms with van der Waals surface area (Å²) in [6.45, 7) is 1.51. The van der Waals surface area contributed by atoms with E-state index < -0.39 is 11.3 Å². The van der Waals surface area contributed by atoms with Gasteiger partial charge in [0.15, 0.2) is 5.65 Å². The number of rotatable bonds is 3. The van der Waals surface area contributed by atoms with Gasteiger partial charge in [0.05, 0.1) is 22.3 Å².